The molecule has 0 radical (unpaired) electrons. The molecular weight excluding hydrogens is 539 g/mol. The minimum Gasteiger partial charge on any atom is -0.488 e. The predicted octanol–water partition coefficient (Wildman–Crippen LogP) is 3.44. The van der Waals surface area contributed by atoms with E-state index >= 15 is 0 Å². The molecule has 0 aromatic heterocycles. The van der Waals surface area contributed by atoms with Gasteiger partial charge in [-0.05, 0) is 51.0 Å². The molecule has 3 N–H and O–H groups in total. The van der Waals surface area contributed by atoms with Gasteiger partial charge < -0.3 is 15.4 Å². The quantitative estimate of drug-likeness (QED) is 0.269. The smallest absolute Gasteiger partial charge is 0.241 e. The van der Waals surface area contributed by atoms with E-state index in [0.29, 0.717) is 24.6 Å². The van der Waals surface area contributed by atoms with Gasteiger partial charge >= 0.3 is 0 Å². The first kappa shape index (κ1) is 26.4. The molecule has 0 fully saturated rings. The van der Waals surface area contributed by atoms with Gasteiger partial charge in [-0.1, -0.05) is 36.4 Å². The molecule has 0 saturated carbocycles. The van der Waals surface area contributed by atoms with Crippen molar-refractivity contribution >= 4 is 40.0 Å². The third kappa shape index (κ3) is 7.35. The fourth-order valence-electron chi connectivity index (χ4n) is 3.44. The standard InChI is InChI=1S/C23H32N4O3S.HI/c1-5-24-22(26-16-19-14-17-10-6-8-12-20(17)30-19)25-15-18-11-7-9-13-21(18)31(28,29)27-23(2,3)4;/h6-13,19,27H,5,14-16H2,1-4H3,(H2,24,25,26);1H. The van der Waals surface area contributed by atoms with Crippen LogP contribution in [0.1, 0.15) is 38.8 Å². The number of hydrogen-bond donors (Lipinski definition) is 3. The summed E-state index contributed by atoms with van der Waals surface area (Å²) >= 11 is 0. The van der Waals surface area contributed by atoms with Crippen LogP contribution in [0.15, 0.2) is 58.4 Å². The van der Waals surface area contributed by atoms with Crippen molar-refractivity contribution in [3.63, 3.8) is 0 Å². The highest BCUT2D eigenvalue weighted by molar-refractivity contribution is 14.0. The molecule has 7 nitrogen and oxygen atoms in total. The molecule has 3 rings (SSSR count). The van der Waals surface area contributed by atoms with Crippen molar-refractivity contribution in [3.8, 4) is 5.75 Å². The molecule has 0 spiro atoms. The number of fused-ring (bicyclic) bond motifs is 1. The van der Waals surface area contributed by atoms with E-state index < -0.39 is 15.6 Å². The Morgan fingerprint density at radius 1 is 1.09 bits per heavy atom. The Kier molecular flexibility index (Phi) is 9.35. The first-order chi connectivity index (χ1) is 14.7. The number of sulfonamides is 1. The highest BCUT2D eigenvalue weighted by Gasteiger charge is 2.24. The predicted molar refractivity (Wildman–Crippen MR) is 139 cm³/mol. The molecule has 32 heavy (non-hydrogen) atoms. The number of nitrogens with zero attached hydrogens (tertiary/aromatic N) is 1. The SMILES string of the molecule is CCNC(=NCc1ccccc1S(=O)(=O)NC(C)(C)C)NCC1Cc2ccccc2O1.I. The van der Waals surface area contributed by atoms with Gasteiger partial charge in [-0.2, -0.15) is 0 Å². The molecule has 0 bridgehead atoms. The molecule has 9 heteroatoms. The van der Waals surface area contributed by atoms with Crippen LogP contribution in [0.25, 0.3) is 0 Å². The van der Waals surface area contributed by atoms with E-state index in [4.69, 9.17) is 4.74 Å². The Bertz CT molecular complexity index is 1010. The van der Waals surface area contributed by atoms with E-state index in [1.54, 1.807) is 18.2 Å². The van der Waals surface area contributed by atoms with Crippen molar-refractivity contribution in [3.05, 3.63) is 59.7 Å². The lowest BCUT2D eigenvalue weighted by Crippen LogP contribution is -2.42. The maximum absolute atomic E-state index is 12.8. The molecule has 176 valence electrons. The summed E-state index contributed by atoms with van der Waals surface area (Å²) in [5.74, 6) is 1.56. The highest BCUT2D eigenvalue weighted by Crippen LogP contribution is 2.27. The summed E-state index contributed by atoms with van der Waals surface area (Å²) in [5.41, 5.74) is 1.28. The number of hydrogen-bond acceptors (Lipinski definition) is 4. The topological polar surface area (TPSA) is 91.8 Å². The number of para-hydroxylation sites is 1. The number of halogens is 1. The molecule has 1 aliphatic rings. The molecule has 1 atom stereocenters. The Labute approximate surface area is 208 Å². The molecule has 2 aromatic rings. The van der Waals surface area contributed by atoms with Crippen molar-refractivity contribution in [2.45, 2.75) is 57.2 Å². The molecule has 0 amide bonds. The van der Waals surface area contributed by atoms with Gasteiger partial charge in [-0.25, -0.2) is 18.1 Å². The molecule has 1 aliphatic heterocycles. The fraction of sp³-hybridized carbons (Fsp3) is 0.435. The zero-order valence-corrected chi connectivity index (χ0v) is 22.2. The van der Waals surface area contributed by atoms with Gasteiger partial charge in [0.2, 0.25) is 10.0 Å². The first-order valence-corrected chi connectivity index (χ1v) is 12.0. The number of ether oxygens (including phenoxy) is 1. The monoisotopic (exact) mass is 572 g/mol. The zero-order chi connectivity index (χ0) is 22.5. The van der Waals surface area contributed by atoms with Crippen LogP contribution in [0.2, 0.25) is 0 Å². The summed E-state index contributed by atoms with van der Waals surface area (Å²) in [5, 5.41) is 6.53. The van der Waals surface area contributed by atoms with Crippen LogP contribution < -0.4 is 20.1 Å². The minimum absolute atomic E-state index is 0. The second-order valence-corrected chi connectivity index (χ2v) is 10.2. The van der Waals surface area contributed by atoms with Gasteiger partial charge in [0, 0.05) is 18.5 Å². The number of guanidine groups is 1. The van der Waals surface area contributed by atoms with Crippen molar-refractivity contribution in [1.29, 1.82) is 0 Å². The van der Waals surface area contributed by atoms with Crippen molar-refractivity contribution in [2.24, 2.45) is 4.99 Å². The summed E-state index contributed by atoms with van der Waals surface area (Å²) < 4.78 is 34.4. The van der Waals surface area contributed by atoms with Gasteiger partial charge in [0.1, 0.15) is 11.9 Å². The largest absolute Gasteiger partial charge is 0.488 e. The Balaban J connectivity index is 0.00000363. The van der Waals surface area contributed by atoms with E-state index in [0.717, 1.165) is 12.2 Å². The van der Waals surface area contributed by atoms with Crippen LogP contribution in [0.4, 0.5) is 0 Å². The Morgan fingerprint density at radius 3 is 2.47 bits per heavy atom. The number of rotatable bonds is 7. The van der Waals surface area contributed by atoms with E-state index in [-0.39, 0.29) is 41.5 Å². The van der Waals surface area contributed by atoms with Crippen LogP contribution in [-0.4, -0.2) is 39.1 Å². The van der Waals surface area contributed by atoms with Crippen LogP contribution in [0, 0.1) is 0 Å². The molecule has 1 unspecified atom stereocenters. The molecule has 1 heterocycles. The summed E-state index contributed by atoms with van der Waals surface area (Å²) in [6.45, 7) is 8.99. The zero-order valence-electron chi connectivity index (χ0n) is 19.0. The van der Waals surface area contributed by atoms with Crippen LogP contribution in [0.5, 0.6) is 5.75 Å². The van der Waals surface area contributed by atoms with Crippen molar-refractivity contribution in [1.82, 2.24) is 15.4 Å². The Hall–Kier alpha value is -1.85. The van der Waals surface area contributed by atoms with Crippen LogP contribution >= 0.6 is 24.0 Å². The molecule has 0 saturated heterocycles. The Morgan fingerprint density at radius 2 is 1.78 bits per heavy atom. The molecule has 0 aliphatic carbocycles. The number of benzene rings is 2. The lowest BCUT2D eigenvalue weighted by atomic mass is 10.1. The average molecular weight is 573 g/mol. The summed E-state index contributed by atoms with van der Waals surface area (Å²) in [6.07, 6.45) is 0.882. The van der Waals surface area contributed by atoms with Crippen molar-refractivity contribution < 1.29 is 13.2 Å². The minimum atomic E-state index is -3.64. The second-order valence-electron chi connectivity index (χ2n) is 8.59. The maximum atomic E-state index is 12.8. The van der Waals surface area contributed by atoms with Gasteiger partial charge in [0.05, 0.1) is 18.0 Å². The average Bonchev–Trinajstić information content (AvgIpc) is 3.11. The van der Waals surface area contributed by atoms with Gasteiger partial charge in [-0.3, -0.25) is 0 Å². The lowest BCUT2D eigenvalue weighted by Gasteiger charge is -2.21. The fourth-order valence-corrected chi connectivity index (χ4v) is 5.09. The molecular formula is C23H33IN4O3S. The van der Waals surface area contributed by atoms with E-state index in [9.17, 15) is 8.42 Å². The van der Waals surface area contributed by atoms with E-state index in [1.807, 2.05) is 52.0 Å². The number of nitrogens with one attached hydrogen (secondary N) is 3. The van der Waals surface area contributed by atoms with Gasteiger partial charge in [0.15, 0.2) is 5.96 Å². The maximum Gasteiger partial charge on any atom is 0.241 e. The van der Waals surface area contributed by atoms with Crippen LogP contribution in [-0.2, 0) is 23.0 Å². The van der Waals surface area contributed by atoms with Gasteiger partial charge in [-0.15, -0.1) is 24.0 Å². The number of aliphatic imine (C=N–C) groups is 1. The van der Waals surface area contributed by atoms with E-state index in [2.05, 4.69) is 26.4 Å². The summed E-state index contributed by atoms with van der Waals surface area (Å²) in [6, 6.07) is 15.0. The highest BCUT2D eigenvalue weighted by atomic mass is 127. The second kappa shape index (κ2) is 11.3. The van der Waals surface area contributed by atoms with Crippen LogP contribution in [0.3, 0.4) is 0 Å². The molecule has 2 aromatic carbocycles. The normalized spacial score (nSPS) is 16.0. The third-order valence-corrected chi connectivity index (χ3v) is 6.52. The van der Waals surface area contributed by atoms with E-state index in [1.165, 1.54) is 5.56 Å². The van der Waals surface area contributed by atoms with Gasteiger partial charge in [0.25, 0.3) is 0 Å². The summed E-state index contributed by atoms with van der Waals surface area (Å²) in [7, 11) is -3.64. The third-order valence-electron chi connectivity index (χ3n) is 4.67. The van der Waals surface area contributed by atoms with Crippen molar-refractivity contribution in [2.75, 3.05) is 13.1 Å². The first-order valence-electron chi connectivity index (χ1n) is 10.6. The summed E-state index contributed by atoms with van der Waals surface area (Å²) in [4.78, 5) is 4.86. The lowest BCUT2D eigenvalue weighted by molar-refractivity contribution is 0.235.